The molecule has 0 saturated heterocycles. The summed E-state index contributed by atoms with van der Waals surface area (Å²) in [4.78, 5) is 10.8. The average molecular weight is 198 g/mol. The van der Waals surface area contributed by atoms with Gasteiger partial charge >= 0.3 is 5.97 Å². The molecule has 0 heterocycles. The number of aliphatic hydroxyl groups is 1. The lowest BCUT2D eigenvalue weighted by Gasteiger charge is -2.08. The smallest absolute Gasteiger partial charge is 0.308 e. The van der Waals surface area contributed by atoms with Gasteiger partial charge < -0.3 is 9.84 Å². The first kappa shape index (κ1) is 12.9. The van der Waals surface area contributed by atoms with Gasteiger partial charge in [0.2, 0.25) is 0 Å². The van der Waals surface area contributed by atoms with E-state index in [2.05, 4.69) is 11.3 Å². The third-order valence-electron chi connectivity index (χ3n) is 1.90. The number of ether oxygens (including phenoxy) is 1. The summed E-state index contributed by atoms with van der Waals surface area (Å²) in [6, 6.07) is 0. The van der Waals surface area contributed by atoms with Gasteiger partial charge in [-0.25, -0.2) is 0 Å². The van der Waals surface area contributed by atoms with Crippen molar-refractivity contribution >= 4 is 5.97 Å². The van der Waals surface area contributed by atoms with Crippen LogP contribution >= 0.6 is 0 Å². The molecule has 0 fully saturated rings. The molecule has 0 spiro atoms. The Hall–Kier alpha value is -1.09. The lowest BCUT2D eigenvalue weighted by atomic mass is 10.1. The first-order valence-electron chi connectivity index (χ1n) is 4.63. The van der Waals surface area contributed by atoms with Crippen LogP contribution in [0.3, 0.4) is 0 Å². The van der Waals surface area contributed by atoms with Gasteiger partial charge in [-0.15, -0.1) is 0 Å². The molecule has 0 aromatic heterocycles. The number of rotatable bonds is 6. The van der Waals surface area contributed by atoms with E-state index in [0.29, 0.717) is 6.42 Å². The fourth-order valence-electron chi connectivity index (χ4n) is 1.06. The van der Waals surface area contributed by atoms with Crippen molar-refractivity contribution in [1.82, 2.24) is 0 Å². The molecule has 0 aliphatic rings. The monoisotopic (exact) mass is 198 g/mol. The van der Waals surface area contributed by atoms with E-state index in [1.165, 1.54) is 7.11 Å². The summed E-state index contributed by atoms with van der Waals surface area (Å²) in [5.41, 5.74) is 1.14. The number of methoxy groups -OCH3 is 1. The third-order valence-corrected chi connectivity index (χ3v) is 1.90. The highest BCUT2D eigenvalue weighted by molar-refractivity contribution is 5.69. The van der Waals surface area contributed by atoms with Gasteiger partial charge in [-0.2, -0.15) is 0 Å². The number of allylic oxidation sites excluding steroid dienone is 3. The molecular formula is C11H18O3. The van der Waals surface area contributed by atoms with E-state index >= 15 is 0 Å². The molecule has 80 valence electrons. The minimum absolute atomic E-state index is 0.0673. The zero-order chi connectivity index (χ0) is 11.0. The summed E-state index contributed by atoms with van der Waals surface area (Å²) in [6.45, 7) is 5.54. The molecule has 1 atom stereocenters. The normalized spacial score (nSPS) is 13.5. The predicted molar refractivity (Wildman–Crippen MR) is 55.8 cm³/mol. The summed E-state index contributed by atoms with van der Waals surface area (Å²) in [5, 5.41) is 9.41. The second kappa shape index (κ2) is 7.33. The maximum absolute atomic E-state index is 10.8. The minimum atomic E-state index is -0.615. The van der Waals surface area contributed by atoms with Gasteiger partial charge in [0.25, 0.3) is 0 Å². The fraction of sp³-hybridized carbons (Fsp3) is 0.545. The molecule has 14 heavy (non-hydrogen) atoms. The van der Waals surface area contributed by atoms with Crippen LogP contribution in [0.5, 0.6) is 0 Å². The van der Waals surface area contributed by atoms with Crippen molar-refractivity contribution in [2.75, 3.05) is 7.11 Å². The van der Waals surface area contributed by atoms with Crippen molar-refractivity contribution in [3.05, 3.63) is 24.3 Å². The van der Waals surface area contributed by atoms with Crippen LogP contribution in [0.1, 0.15) is 26.2 Å². The Labute approximate surface area is 85.1 Å². The van der Waals surface area contributed by atoms with Crippen molar-refractivity contribution in [1.29, 1.82) is 0 Å². The van der Waals surface area contributed by atoms with E-state index in [-0.39, 0.29) is 12.4 Å². The molecule has 0 rings (SSSR count). The Morgan fingerprint density at radius 3 is 2.79 bits per heavy atom. The molecule has 0 unspecified atom stereocenters. The second-order valence-electron chi connectivity index (χ2n) is 3.22. The van der Waals surface area contributed by atoms with Gasteiger partial charge in [-0.05, 0) is 19.8 Å². The number of carbonyl (C=O) groups is 1. The molecule has 1 N–H and O–H groups in total. The van der Waals surface area contributed by atoms with Crippen LogP contribution in [-0.4, -0.2) is 24.3 Å². The quantitative estimate of drug-likeness (QED) is 0.523. The Morgan fingerprint density at radius 1 is 1.64 bits per heavy atom. The van der Waals surface area contributed by atoms with E-state index < -0.39 is 6.10 Å². The van der Waals surface area contributed by atoms with Gasteiger partial charge in [-0.1, -0.05) is 24.3 Å². The lowest BCUT2D eigenvalue weighted by Crippen LogP contribution is -2.14. The number of hydrogen-bond acceptors (Lipinski definition) is 3. The van der Waals surface area contributed by atoms with Gasteiger partial charge in [0.15, 0.2) is 0 Å². The van der Waals surface area contributed by atoms with Crippen LogP contribution < -0.4 is 0 Å². The second-order valence-corrected chi connectivity index (χ2v) is 3.22. The number of esters is 1. The Bertz CT molecular complexity index is 219. The zero-order valence-electron chi connectivity index (χ0n) is 8.82. The van der Waals surface area contributed by atoms with Gasteiger partial charge in [0, 0.05) is 0 Å². The maximum Gasteiger partial charge on any atom is 0.308 e. The lowest BCUT2D eigenvalue weighted by molar-refractivity contribution is -0.142. The molecule has 0 saturated carbocycles. The first-order valence-corrected chi connectivity index (χ1v) is 4.63. The van der Waals surface area contributed by atoms with Gasteiger partial charge in [-0.3, -0.25) is 4.79 Å². The number of carbonyl (C=O) groups excluding carboxylic acids is 1. The number of hydrogen-bond donors (Lipinski definition) is 1. The maximum atomic E-state index is 10.8. The van der Waals surface area contributed by atoms with Crippen LogP contribution in [0.2, 0.25) is 0 Å². The molecule has 0 bridgehead atoms. The molecule has 0 radical (unpaired) electrons. The highest BCUT2D eigenvalue weighted by Gasteiger charge is 2.10. The third kappa shape index (κ3) is 6.43. The zero-order valence-corrected chi connectivity index (χ0v) is 8.82. The Kier molecular flexibility index (Phi) is 6.76. The highest BCUT2D eigenvalue weighted by atomic mass is 16.5. The topological polar surface area (TPSA) is 46.5 Å². The van der Waals surface area contributed by atoms with E-state index in [1.54, 1.807) is 6.08 Å². The molecule has 0 aromatic rings. The van der Waals surface area contributed by atoms with Crippen molar-refractivity contribution < 1.29 is 14.6 Å². The van der Waals surface area contributed by atoms with Crippen molar-refractivity contribution in [2.45, 2.75) is 32.3 Å². The average Bonchev–Trinajstić information content (AvgIpc) is 2.15. The Morgan fingerprint density at radius 2 is 2.29 bits per heavy atom. The van der Waals surface area contributed by atoms with E-state index in [1.807, 2.05) is 13.0 Å². The molecule has 0 aliphatic carbocycles. The predicted octanol–water partition coefficient (Wildman–Crippen LogP) is 1.82. The molecular weight excluding hydrogens is 180 g/mol. The Balaban J connectivity index is 3.73. The SMILES string of the molecule is C=C/C=C(\C)CC[C@H](O)CC(=O)OC. The molecule has 3 nitrogen and oxygen atoms in total. The van der Waals surface area contributed by atoms with E-state index in [0.717, 1.165) is 12.0 Å². The van der Waals surface area contributed by atoms with Crippen molar-refractivity contribution in [3.8, 4) is 0 Å². The molecule has 0 aliphatic heterocycles. The van der Waals surface area contributed by atoms with Crippen LogP contribution in [-0.2, 0) is 9.53 Å². The summed E-state index contributed by atoms with van der Waals surface area (Å²) < 4.78 is 4.45. The van der Waals surface area contributed by atoms with Crippen molar-refractivity contribution in [2.24, 2.45) is 0 Å². The summed E-state index contributed by atoms with van der Waals surface area (Å²) in [7, 11) is 1.32. The fourth-order valence-corrected chi connectivity index (χ4v) is 1.06. The summed E-state index contributed by atoms with van der Waals surface area (Å²) in [5.74, 6) is -0.372. The summed E-state index contributed by atoms with van der Waals surface area (Å²) >= 11 is 0. The van der Waals surface area contributed by atoms with Crippen LogP contribution in [0.25, 0.3) is 0 Å². The standard InChI is InChI=1S/C11H18O3/c1-4-5-9(2)6-7-10(12)8-11(13)14-3/h4-5,10,12H,1,6-8H2,2-3H3/b9-5+/t10-/m0/s1. The highest BCUT2D eigenvalue weighted by Crippen LogP contribution is 2.09. The molecule has 0 aromatic carbocycles. The van der Waals surface area contributed by atoms with Crippen LogP contribution in [0.15, 0.2) is 24.3 Å². The van der Waals surface area contributed by atoms with Crippen LogP contribution in [0.4, 0.5) is 0 Å². The molecule has 3 heteroatoms. The van der Waals surface area contributed by atoms with Gasteiger partial charge in [0.05, 0.1) is 19.6 Å². The molecule has 0 amide bonds. The minimum Gasteiger partial charge on any atom is -0.469 e. The van der Waals surface area contributed by atoms with Gasteiger partial charge in [0.1, 0.15) is 0 Å². The van der Waals surface area contributed by atoms with Crippen molar-refractivity contribution in [3.63, 3.8) is 0 Å². The van der Waals surface area contributed by atoms with Crippen LogP contribution in [0, 0.1) is 0 Å². The summed E-state index contributed by atoms with van der Waals surface area (Å²) in [6.07, 6.45) is 4.40. The van der Waals surface area contributed by atoms with E-state index in [4.69, 9.17) is 0 Å². The largest absolute Gasteiger partial charge is 0.469 e. The van der Waals surface area contributed by atoms with E-state index in [9.17, 15) is 9.90 Å². The first-order chi connectivity index (χ1) is 6.60. The number of aliphatic hydroxyl groups excluding tert-OH is 1.